The van der Waals surface area contributed by atoms with Crippen molar-refractivity contribution in [3.8, 4) is 16.9 Å². The largest absolute Gasteiger partial charge is 0.435 e. The molecular formula is C17H13F3N4O3S. The SMILES string of the molecule is NC(=O)c1ccc(-c2cc(C(F)(F)F)nn2-c2ccc(S(N)(=O)=O)cc2)cc1. The maximum absolute atomic E-state index is 13.2. The fraction of sp³-hybridized carbons (Fsp3) is 0.0588. The lowest BCUT2D eigenvalue weighted by Crippen LogP contribution is -2.12. The number of primary sulfonamides is 1. The van der Waals surface area contributed by atoms with Gasteiger partial charge in [0.25, 0.3) is 0 Å². The molecule has 0 aliphatic carbocycles. The first kappa shape index (κ1) is 19.6. The summed E-state index contributed by atoms with van der Waals surface area (Å²) in [6.07, 6.45) is -4.69. The number of hydrogen-bond donors (Lipinski definition) is 2. The minimum absolute atomic E-state index is 0.0895. The number of benzene rings is 2. The Morgan fingerprint density at radius 2 is 1.57 bits per heavy atom. The van der Waals surface area contributed by atoms with Crippen LogP contribution in [0.5, 0.6) is 0 Å². The standard InChI is InChI=1S/C17H13F3N4O3S/c18-17(19,20)15-9-14(10-1-3-11(4-2-10)16(21)25)24(23-15)12-5-7-13(8-6-12)28(22,26)27/h1-9H,(H2,21,25)(H2,22,26,27). The summed E-state index contributed by atoms with van der Waals surface area (Å²) in [4.78, 5) is 11.0. The molecule has 0 spiro atoms. The van der Waals surface area contributed by atoms with Gasteiger partial charge in [0.1, 0.15) is 0 Å². The zero-order valence-electron chi connectivity index (χ0n) is 14.0. The molecule has 0 bridgehead atoms. The molecule has 1 heterocycles. The van der Waals surface area contributed by atoms with Gasteiger partial charge in [-0.2, -0.15) is 18.3 Å². The number of nitrogens with two attached hydrogens (primary N) is 2. The molecule has 0 saturated heterocycles. The topological polar surface area (TPSA) is 121 Å². The highest BCUT2D eigenvalue weighted by molar-refractivity contribution is 7.89. The van der Waals surface area contributed by atoms with E-state index in [0.717, 1.165) is 10.7 Å². The van der Waals surface area contributed by atoms with E-state index in [9.17, 15) is 26.4 Å². The molecule has 4 N–H and O–H groups in total. The number of carbonyl (C=O) groups excluding carboxylic acids is 1. The van der Waals surface area contributed by atoms with E-state index >= 15 is 0 Å². The van der Waals surface area contributed by atoms with Gasteiger partial charge >= 0.3 is 6.18 Å². The average molecular weight is 410 g/mol. The zero-order valence-corrected chi connectivity index (χ0v) is 14.8. The zero-order chi connectivity index (χ0) is 20.7. The van der Waals surface area contributed by atoms with Crippen LogP contribution in [0.25, 0.3) is 16.9 Å². The van der Waals surface area contributed by atoms with Crippen LogP contribution >= 0.6 is 0 Å². The van der Waals surface area contributed by atoms with E-state index in [1.165, 1.54) is 48.5 Å². The molecule has 1 aromatic heterocycles. The van der Waals surface area contributed by atoms with Crippen molar-refractivity contribution in [1.82, 2.24) is 9.78 Å². The van der Waals surface area contributed by atoms with Crippen molar-refractivity contribution < 1.29 is 26.4 Å². The number of carbonyl (C=O) groups is 1. The van der Waals surface area contributed by atoms with Gasteiger partial charge in [-0.05, 0) is 42.5 Å². The van der Waals surface area contributed by atoms with Crippen molar-refractivity contribution in [1.29, 1.82) is 0 Å². The molecular weight excluding hydrogens is 397 g/mol. The summed E-state index contributed by atoms with van der Waals surface area (Å²) in [6.45, 7) is 0. The minimum atomic E-state index is -4.69. The molecule has 28 heavy (non-hydrogen) atoms. The molecule has 3 aromatic rings. The first-order valence-corrected chi connectivity index (χ1v) is 9.22. The van der Waals surface area contributed by atoms with E-state index in [2.05, 4.69) is 5.10 Å². The molecule has 3 rings (SSSR count). The maximum Gasteiger partial charge on any atom is 0.435 e. The fourth-order valence-corrected chi connectivity index (χ4v) is 3.02. The molecule has 146 valence electrons. The lowest BCUT2D eigenvalue weighted by molar-refractivity contribution is -0.141. The van der Waals surface area contributed by atoms with E-state index in [1.54, 1.807) is 0 Å². The number of alkyl halides is 3. The van der Waals surface area contributed by atoms with Crippen molar-refractivity contribution in [3.63, 3.8) is 0 Å². The van der Waals surface area contributed by atoms with Gasteiger partial charge in [-0.3, -0.25) is 4.79 Å². The van der Waals surface area contributed by atoms with Crippen molar-refractivity contribution in [2.24, 2.45) is 10.9 Å². The van der Waals surface area contributed by atoms with Crippen LogP contribution in [-0.2, 0) is 16.2 Å². The highest BCUT2D eigenvalue weighted by atomic mass is 32.2. The summed E-state index contributed by atoms with van der Waals surface area (Å²) in [5.74, 6) is -0.672. The number of halogens is 3. The second-order valence-corrected chi connectivity index (χ2v) is 7.37. The Hall–Kier alpha value is -3.18. The predicted molar refractivity (Wildman–Crippen MR) is 93.9 cm³/mol. The van der Waals surface area contributed by atoms with Crippen LogP contribution in [0.2, 0.25) is 0 Å². The summed E-state index contributed by atoms with van der Waals surface area (Å²) in [5.41, 5.74) is 4.87. The second kappa shape index (κ2) is 6.77. The number of amides is 1. The van der Waals surface area contributed by atoms with Gasteiger partial charge < -0.3 is 5.73 Å². The summed E-state index contributed by atoms with van der Waals surface area (Å²) >= 11 is 0. The Morgan fingerprint density at radius 1 is 1.00 bits per heavy atom. The normalized spacial score (nSPS) is 12.1. The van der Waals surface area contributed by atoms with Gasteiger partial charge in [-0.15, -0.1) is 0 Å². The van der Waals surface area contributed by atoms with Gasteiger partial charge in [0, 0.05) is 11.1 Å². The minimum Gasteiger partial charge on any atom is -0.366 e. The van der Waals surface area contributed by atoms with Crippen LogP contribution in [0, 0.1) is 0 Å². The van der Waals surface area contributed by atoms with Crippen LogP contribution in [0.15, 0.2) is 59.5 Å². The van der Waals surface area contributed by atoms with E-state index < -0.39 is 27.8 Å². The quantitative estimate of drug-likeness (QED) is 0.685. The summed E-state index contributed by atoms with van der Waals surface area (Å²) in [5, 5.41) is 8.63. The lowest BCUT2D eigenvalue weighted by atomic mass is 10.1. The Bertz CT molecular complexity index is 1140. The van der Waals surface area contributed by atoms with Gasteiger partial charge in [0.05, 0.1) is 16.3 Å². The van der Waals surface area contributed by atoms with Crippen molar-refractivity contribution in [3.05, 3.63) is 65.9 Å². The molecule has 0 saturated carbocycles. The van der Waals surface area contributed by atoms with Crippen LogP contribution in [0.3, 0.4) is 0 Å². The number of sulfonamides is 1. The van der Waals surface area contributed by atoms with Crippen LogP contribution in [-0.4, -0.2) is 24.1 Å². The molecule has 0 aliphatic heterocycles. The van der Waals surface area contributed by atoms with Crippen LogP contribution in [0.4, 0.5) is 13.2 Å². The van der Waals surface area contributed by atoms with Gasteiger partial charge in [0.15, 0.2) is 5.69 Å². The third-order valence-corrected chi connectivity index (χ3v) is 4.80. The molecule has 0 atom stereocenters. The van der Waals surface area contributed by atoms with Crippen molar-refractivity contribution in [2.75, 3.05) is 0 Å². The highest BCUT2D eigenvalue weighted by Gasteiger charge is 2.35. The number of aromatic nitrogens is 2. The summed E-state index contributed by atoms with van der Waals surface area (Å²) in [6, 6.07) is 11.4. The van der Waals surface area contributed by atoms with E-state index in [0.29, 0.717) is 5.56 Å². The lowest BCUT2D eigenvalue weighted by Gasteiger charge is -2.09. The second-order valence-electron chi connectivity index (χ2n) is 5.80. The summed E-state index contributed by atoms with van der Waals surface area (Å²) in [7, 11) is -3.95. The molecule has 1 amide bonds. The Balaban J connectivity index is 2.14. The van der Waals surface area contributed by atoms with Gasteiger partial charge in [-0.25, -0.2) is 18.2 Å². The number of rotatable bonds is 4. The molecule has 0 aliphatic rings. The molecule has 0 unspecified atom stereocenters. The molecule has 0 radical (unpaired) electrons. The van der Waals surface area contributed by atoms with Crippen molar-refractivity contribution in [2.45, 2.75) is 11.1 Å². The average Bonchev–Trinajstić information content (AvgIpc) is 3.07. The summed E-state index contributed by atoms with van der Waals surface area (Å²) < 4.78 is 63.3. The van der Waals surface area contributed by atoms with E-state index in [4.69, 9.17) is 10.9 Å². The molecule has 7 nitrogen and oxygen atoms in total. The van der Waals surface area contributed by atoms with E-state index in [1.807, 2.05) is 0 Å². The Labute approximate surface area is 157 Å². The molecule has 0 fully saturated rings. The highest BCUT2D eigenvalue weighted by Crippen LogP contribution is 2.33. The number of primary amides is 1. The predicted octanol–water partition coefficient (Wildman–Crippen LogP) is 2.30. The van der Waals surface area contributed by atoms with Gasteiger partial charge in [-0.1, -0.05) is 12.1 Å². The first-order valence-electron chi connectivity index (χ1n) is 7.67. The molecule has 2 aromatic carbocycles. The fourth-order valence-electron chi connectivity index (χ4n) is 2.50. The van der Waals surface area contributed by atoms with Crippen molar-refractivity contribution >= 4 is 15.9 Å². The van der Waals surface area contributed by atoms with E-state index in [-0.39, 0.29) is 21.8 Å². The Morgan fingerprint density at radius 3 is 2.04 bits per heavy atom. The maximum atomic E-state index is 13.2. The van der Waals surface area contributed by atoms with Crippen LogP contribution in [0.1, 0.15) is 16.1 Å². The number of nitrogens with zero attached hydrogens (tertiary/aromatic N) is 2. The third-order valence-electron chi connectivity index (χ3n) is 3.87. The smallest absolute Gasteiger partial charge is 0.366 e. The number of hydrogen-bond acceptors (Lipinski definition) is 4. The van der Waals surface area contributed by atoms with Crippen LogP contribution < -0.4 is 10.9 Å². The monoisotopic (exact) mass is 410 g/mol. The Kier molecular flexibility index (Phi) is 4.73. The molecule has 11 heteroatoms. The van der Waals surface area contributed by atoms with Gasteiger partial charge in [0.2, 0.25) is 15.9 Å². The third kappa shape index (κ3) is 3.89. The first-order chi connectivity index (χ1) is 13.0.